The van der Waals surface area contributed by atoms with Gasteiger partial charge in [-0.05, 0) is 37.5 Å². The number of likely N-dealkylation sites (tertiary alicyclic amines) is 1. The molecule has 6 heteroatoms. The first-order chi connectivity index (χ1) is 10.2. The van der Waals surface area contributed by atoms with E-state index in [0.29, 0.717) is 17.4 Å². The predicted molar refractivity (Wildman–Crippen MR) is 84.7 cm³/mol. The summed E-state index contributed by atoms with van der Waals surface area (Å²) in [6.07, 6.45) is 3.39. The molecule has 1 amide bonds. The number of benzene rings is 1. The summed E-state index contributed by atoms with van der Waals surface area (Å²) < 4.78 is 1.90. The van der Waals surface area contributed by atoms with Gasteiger partial charge >= 0.3 is 0 Å². The van der Waals surface area contributed by atoms with E-state index in [2.05, 4.69) is 4.98 Å². The van der Waals surface area contributed by atoms with Crippen LogP contribution in [-0.4, -0.2) is 33.4 Å². The number of carbonyl (C=O) groups is 1. The van der Waals surface area contributed by atoms with E-state index in [-0.39, 0.29) is 11.8 Å². The lowest BCUT2D eigenvalue weighted by Crippen LogP contribution is -2.38. The molecule has 3 rings (SSSR count). The molecule has 0 saturated carbocycles. The lowest BCUT2D eigenvalue weighted by Gasteiger charge is -2.27. The van der Waals surface area contributed by atoms with E-state index in [9.17, 15) is 4.79 Å². The molecule has 1 aliphatic rings. The Morgan fingerprint density at radius 1 is 1.24 bits per heavy atom. The van der Waals surface area contributed by atoms with Crippen LogP contribution in [0.15, 0.2) is 18.2 Å². The molecule has 21 heavy (non-hydrogen) atoms. The second-order valence-corrected chi connectivity index (χ2v) is 6.03. The number of rotatable bonds is 3. The number of amides is 1. The van der Waals surface area contributed by atoms with E-state index in [1.54, 1.807) is 6.07 Å². The maximum absolute atomic E-state index is 12.5. The highest BCUT2D eigenvalue weighted by Gasteiger charge is 2.19. The molecule has 112 valence electrons. The smallest absolute Gasteiger partial charge is 0.242 e. The third-order valence-corrected chi connectivity index (χ3v) is 4.39. The van der Waals surface area contributed by atoms with E-state index >= 15 is 0 Å². The van der Waals surface area contributed by atoms with Gasteiger partial charge in [-0.15, -0.1) is 11.6 Å². The van der Waals surface area contributed by atoms with Crippen molar-refractivity contribution in [2.24, 2.45) is 0 Å². The molecule has 0 N–H and O–H groups in total. The molecule has 0 bridgehead atoms. The Balaban J connectivity index is 1.89. The Kier molecular flexibility index (Phi) is 4.36. The second-order valence-electron chi connectivity index (χ2n) is 5.32. The van der Waals surface area contributed by atoms with Gasteiger partial charge in [0.1, 0.15) is 12.4 Å². The molecule has 0 atom stereocenters. The first kappa shape index (κ1) is 14.7. The number of aromatic nitrogens is 2. The minimum absolute atomic E-state index is 0.135. The fourth-order valence-corrected chi connectivity index (χ4v) is 3.18. The summed E-state index contributed by atoms with van der Waals surface area (Å²) in [5, 5.41) is 0.635. The number of alkyl halides is 1. The van der Waals surface area contributed by atoms with Crippen LogP contribution in [0.1, 0.15) is 25.1 Å². The van der Waals surface area contributed by atoms with E-state index < -0.39 is 0 Å². The molecule has 1 fully saturated rings. The maximum atomic E-state index is 12.5. The minimum atomic E-state index is 0.135. The Hall–Kier alpha value is -1.26. The van der Waals surface area contributed by atoms with Gasteiger partial charge in [0, 0.05) is 18.1 Å². The molecule has 0 spiro atoms. The topological polar surface area (TPSA) is 38.1 Å². The zero-order valence-corrected chi connectivity index (χ0v) is 13.2. The fourth-order valence-electron chi connectivity index (χ4n) is 2.81. The van der Waals surface area contributed by atoms with Gasteiger partial charge in [0.2, 0.25) is 5.91 Å². The number of piperidine rings is 1. The third kappa shape index (κ3) is 3.01. The second kappa shape index (κ2) is 6.24. The molecule has 2 heterocycles. The molecule has 1 saturated heterocycles. The molecular formula is C15H17Cl2N3O. The minimum Gasteiger partial charge on any atom is -0.341 e. The average Bonchev–Trinajstić information content (AvgIpc) is 2.85. The average molecular weight is 326 g/mol. The van der Waals surface area contributed by atoms with E-state index in [0.717, 1.165) is 37.0 Å². The summed E-state index contributed by atoms with van der Waals surface area (Å²) in [7, 11) is 0. The monoisotopic (exact) mass is 325 g/mol. The van der Waals surface area contributed by atoms with Gasteiger partial charge in [-0.3, -0.25) is 4.79 Å². The van der Waals surface area contributed by atoms with Crippen molar-refractivity contribution in [2.45, 2.75) is 31.7 Å². The number of fused-ring (bicyclic) bond motifs is 1. The van der Waals surface area contributed by atoms with Crippen molar-refractivity contribution in [2.75, 3.05) is 13.1 Å². The van der Waals surface area contributed by atoms with Crippen LogP contribution in [0.3, 0.4) is 0 Å². The summed E-state index contributed by atoms with van der Waals surface area (Å²) in [4.78, 5) is 18.9. The lowest BCUT2D eigenvalue weighted by atomic mass is 10.1. The van der Waals surface area contributed by atoms with Gasteiger partial charge in [-0.2, -0.15) is 0 Å². The number of hydrogen-bond donors (Lipinski definition) is 0. The van der Waals surface area contributed by atoms with Gasteiger partial charge in [0.05, 0.1) is 16.9 Å². The summed E-state index contributed by atoms with van der Waals surface area (Å²) >= 11 is 12.0. The van der Waals surface area contributed by atoms with E-state index in [4.69, 9.17) is 23.2 Å². The number of halogens is 2. The highest BCUT2D eigenvalue weighted by atomic mass is 35.5. The van der Waals surface area contributed by atoms with E-state index in [1.165, 1.54) is 6.42 Å². The van der Waals surface area contributed by atoms with Crippen molar-refractivity contribution >= 4 is 40.1 Å². The zero-order chi connectivity index (χ0) is 14.8. The van der Waals surface area contributed by atoms with Crippen LogP contribution in [0.2, 0.25) is 5.02 Å². The van der Waals surface area contributed by atoms with Crippen LogP contribution >= 0.6 is 23.2 Å². The van der Waals surface area contributed by atoms with Crippen molar-refractivity contribution in [3.05, 3.63) is 29.0 Å². The molecule has 1 aliphatic heterocycles. The van der Waals surface area contributed by atoms with Crippen LogP contribution in [0, 0.1) is 0 Å². The van der Waals surface area contributed by atoms with Gasteiger partial charge < -0.3 is 9.47 Å². The van der Waals surface area contributed by atoms with Crippen molar-refractivity contribution in [3.8, 4) is 0 Å². The van der Waals surface area contributed by atoms with Gasteiger partial charge in [0.25, 0.3) is 0 Å². The molecule has 1 aromatic carbocycles. The fraction of sp³-hybridized carbons (Fsp3) is 0.467. The van der Waals surface area contributed by atoms with Crippen LogP contribution in [0.4, 0.5) is 0 Å². The predicted octanol–water partition coefficient (Wildman–Crippen LogP) is 3.44. The number of nitrogens with zero attached hydrogens (tertiary/aromatic N) is 3. The van der Waals surface area contributed by atoms with Crippen LogP contribution in [0.5, 0.6) is 0 Å². The Labute approximate surface area is 133 Å². The summed E-state index contributed by atoms with van der Waals surface area (Å²) in [6.45, 7) is 2.00. The summed E-state index contributed by atoms with van der Waals surface area (Å²) in [5.74, 6) is 1.12. The van der Waals surface area contributed by atoms with Gasteiger partial charge in [-0.1, -0.05) is 11.6 Å². The van der Waals surface area contributed by atoms with Gasteiger partial charge in [0.15, 0.2) is 0 Å². The van der Waals surface area contributed by atoms with Crippen LogP contribution in [0.25, 0.3) is 11.0 Å². The van der Waals surface area contributed by atoms with Crippen LogP contribution in [-0.2, 0) is 17.2 Å². The van der Waals surface area contributed by atoms with E-state index in [1.807, 2.05) is 21.6 Å². The maximum Gasteiger partial charge on any atom is 0.242 e. The third-order valence-electron chi connectivity index (χ3n) is 3.91. The molecule has 0 unspecified atom stereocenters. The Morgan fingerprint density at radius 3 is 2.71 bits per heavy atom. The van der Waals surface area contributed by atoms with Crippen molar-refractivity contribution in [3.63, 3.8) is 0 Å². The molecule has 0 aliphatic carbocycles. The Bertz CT molecular complexity index is 662. The van der Waals surface area contributed by atoms with Crippen molar-refractivity contribution in [1.82, 2.24) is 14.5 Å². The first-order valence-electron chi connectivity index (χ1n) is 7.17. The molecule has 2 aromatic rings. The summed E-state index contributed by atoms with van der Waals surface area (Å²) in [6, 6.07) is 5.50. The van der Waals surface area contributed by atoms with Crippen molar-refractivity contribution < 1.29 is 4.79 Å². The highest BCUT2D eigenvalue weighted by Crippen LogP contribution is 2.22. The first-order valence-corrected chi connectivity index (χ1v) is 8.08. The van der Waals surface area contributed by atoms with Crippen molar-refractivity contribution in [1.29, 1.82) is 0 Å². The summed E-state index contributed by atoms with van der Waals surface area (Å²) in [5.41, 5.74) is 1.69. The molecule has 4 nitrogen and oxygen atoms in total. The zero-order valence-electron chi connectivity index (χ0n) is 11.7. The van der Waals surface area contributed by atoms with Gasteiger partial charge in [-0.25, -0.2) is 4.98 Å². The number of imidazole rings is 1. The SMILES string of the molecule is O=C(Cn1c(CCl)nc2cc(Cl)ccc21)N1CCCCC1. The molecular weight excluding hydrogens is 309 g/mol. The standard InChI is InChI=1S/C15H17Cl2N3O/c16-9-14-18-12-8-11(17)4-5-13(12)20(14)10-15(21)19-6-2-1-3-7-19/h4-5,8H,1-3,6-7,9-10H2. The molecule has 0 radical (unpaired) electrons. The highest BCUT2D eigenvalue weighted by molar-refractivity contribution is 6.31. The van der Waals surface area contributed by atoms with Crippen LogP contribution < -0.4 is 0 Å². The number of carbonyl (C=O) groups excluding carboxylic acids is 1. The normalized spacial score (nSPS) is 15.6. The molecule has 1 aromatic heterocycles. The quantitative estimate of drug-likeness (QED) is 0.811. The largest absolute Gasteiger partial charge is 0.341 e. The lowest BCUT2D eigenvalue weighted by molar-refractivity contribution is -0.132. The number of hydrogen-bond acceptors (Lipinski definition) is 2. The Morgan fingerprint density at radius 2 is 2.00 bits per heavy atom.